The van der Waals surface area contributed by atoms with Gasteiger partial charge in [-0.15, -0.1) is 24.0 Å². The predicted octanol–water partition coefficient (Wildman–Crippen LogP) is 1.98. The van der Waals surface area contributed by atoms with Crippen LogP contribution >= 0.6 is 35.6 Å². The summed E-state index contributed by atoms with van der Waals surface area (Å²) in [5.74, 6) is 0.883. The first-order valence-electron chi connectivity index (χ1n) is 7.87. The topological polar surface area (TPSA) is 69.9 Å². The van der Waals surface area contributed by atoms with E-state index in [1.165, 1.54) is 4.31 Å². The van der Waals surface area contributed by atoms with Gasteiger partial charge in [-0.25, -0.2) is 12.7 Å². The van der Waals surface area contributed by atoms with E-state index >= 15 is 0 Å². The van der Waals surface area contributed by atoms with Gasteiger partial charge in [0.1, 0.15) is 0 Å². The summed E-state index contributed by atoms with van der Waals surface area (Å²) in [6.45, 7) is 3.45. The second-order valence-corrected chi connectivity index (χ2v) is 8.47. The van der Waals surface area contributed by atoms with Crippen LogP contribution in [0.5, 0.6) is 0 Å². The molecule has 1 aromatic heterocycles. The fourth-order valence-corrected chi connectivity index (χ4v) is 3.41. The highest BCUT2D eigenvalue weighted by Gasteiger charge is 2.14. The van der Waals surface area contributed by atoms with Gasteiger partial charge in [-0.1, -0.05) is 11.6 Å². The van der Waals surface area contributed by atoms with Gasteiger partial charge in [0.05, 0.1) is 17.3 Å². The van der Waals surface area contributed by atoms with Crippen molar-refractivity contribution in [1.29, 1.82) is 0 Å². The molecular formula is C15H29ClIN5O2S. The lowest BCUT2D eigenvalue weighted by molar-refractivity contribution is 0.445. The summed E-state index contributed by atoms with van der Waals surface area (Å²) in [6, 6.07) is 1.93. The van der Waals surface area contributed by atoms with Gasteiger partial charge in [0.15, 0.2) is 5.96 Å². The number of aliphatic imine (C=N–C) groups is 1. The number of hydrogen-bond acceptors (Lipinski definition) is 3. The van der Waals surface area contributed by atoms with Crippen LogP contribution in [0.1, 0.15) is 19.0 Å². The Morgan fingerprint density at radius 3 is 2.52 bits per heavy atom. The minimum atomic E-state index is -3.11. The Morgan fingerprint density at radius 2 is 2.04 bits per heavy atom. The molecule has 0 spiro atoms. The van der Waals surface area contributed by atoms with Crippen molar-refractivity contribution in [2.24, 2.45) is 12.0 Å². The highest BCUT2D eigenvalue weighted by atomic mass is 127. The zero-order valence-electron chi connectivity index (χ0n) is 15.5. The summed E-state index contributed by atoms with van der Waals surface area (Å²) in [5.41, 5.74) is 1.08. The summed E-state index contributed by atoms with van der Waals surface area (Å²) in [4.78, 5) is 6.26. The van der Waals surface area contributed by atoms with Crippen LogP contribution in [0, 0.1) is 0 Å². The standard InChI is InChI=1S/C15H28ClN5O2S.HI/c1-6-24(22,23)21(5)9-7-8-18-15(17-2)20(4)12-14-10-13(16)11-19(14)3;/h10-11H,6-9,12H2,1-5H3,(H,17,18);1H. The van der Waals surface area contributed by atoms with Crippen LogP contribution in [0.2, 0.25) is 5.02 Å². The SMILES string of the molecule is CCS(=O)(=O)N(C)CCCNC(=NC)N(C)Cc1cc(Cl)cn1C.I. The number of hydrogen-bond donors (Lipinski definition) is 1. The summed E-state index contributed by atoms with van der Waals surface area (Å²) in [7, 11) is 4.12. The molecule has 0 aromatic carbocycles. The Labute approximate surface area is 173 Å². The molecule has 25 heavy (non-hydrogen) atoms. The van der Waals surface area contributed by atoms with Crippen molar-refractivity contribution >= 4 is 51.6 Å². The Balaban J connectivity index is 0.00000576. The van der Waals surface area contributed by atoms with Crippen molar-refractivity contribution in [2.45, 2.75) is 19.9 Å². The summed E-state index contributed by atoms with van der Waals surface area (Å²) in [5, 5.41) is 3.96. The lowest BCUT2D eigenvalue weighted by atomic mass is 10.4. The molecule has 0 amide bonds. The molecule has 0 saturated carbocycles. The average Bonchev–Trinajstić information content (AvgIpc) is 2.84. The monoisotopic (exact) mass is 505 g/mol. The van der Waals surface area contributed by atoms with E-state index in [0.717, 1.165) is 11.7 Å². The quantitative estimate of drug-likeness (QED) is 0.254. The lowest BCUT2D eigenvalue weighted by Crippen LogP contribution is -2.40. The molecule has 1 N–H and O–H groups in total. The summed E-state index contributed by atoms with van der Waals surface area (Å²) in [6.07, 6.45) is 2.57. The third-order valence-corrected chi connectivity index (χ3v) is 5.89. The molecule has 0 radical (unpaired) electrons. The minimum Gasteiger partial charge on any atom is -0.356 e. The Bertz CT molecular complexity index is 663. The molecule has 0 aliphatic carbocycles. The van der Waals surface area contributed by atoms with Crippen molar-refractivity contribution in [3.8, 4) is 0 Å². The molecule has 7 nitrogen and oxygen atoms in total. The number of sulfonamides is 1. The number of aromatic nitrogens is 1. The largest absolute Gasteiger partial charge is 0.356 e. The van der Waals surface area contributed by atoms with Crippen LogP contribution in [-0.4, -0.2) is 68.1 Å². The molecule has 0 saturated heterocycles. The van der Waals surface area contributed by atoms with Crippen LogP contribution in [-0.2, 0) is 23.6 Å². The fourth-order valence-electron chi connectivity index (χ4n) is 2.29. The first-order valence-corrected chi connectivity index (χ1v) is 9.86. The fraction of sp³-hybridized carbons (Fsp3) is 0.667. The number of aryl methyl sites for hydroxylation is 1. The average molecular weight is 506 g/mol. The van der Waals surface area contributed by atoms with Crippen LogP contribution in [0.3, 0.4) is 0 Å². The lowest BCUT2D eigenvalue weighted by Gasteiger charge is -2.23. The Morgan fingerprint density at radius 1 is 1.40 bits per heavy atom. The van der Waals surface area contributed by atoms with Crippen molar-refractivity contribution in [3.63, 3.8) is 0 Å². The van der Waals surface area contributed by atoms with Gasteiger partial charge in [-0.2, -0.15) is 0 Å². The molecule has 0 bridgehead atoms. The molecule has 0 atom stereocenters. The summed E-state index contributed by atoms with van der Waals surface area (Å²) >= 11 is 6.00. The van der Waals surface area contributed by atoms with Gasteiger partial charge >= 0.3 is 0 Å². The highest BCUT2D eigenvalue weighted by molar-refractivity contribution is 14.0. The van der Waals surface area contributed by atoms with Gasteiger partial charge in [0, 0.05) is 53.2 Å². The van der Waals surface area contributed by atoms with E-state index in [1.807, 2.05) is 35.8 Å². The zero-order valence-corrected chi connectivity index (χ0v) is 19.4. The molecule has 1 rings (SSSR count). The first-order chi connectivity index (χ1) is 11.2. The maximum Gasteiger partial charge on any atom is 0.213 e. The van der Waals surface area contributed by atoms with Gasteiger partial charge in [-0.3, -0.25) is 4.99 Å². The third-order valence-electron chi connectivity index (χ3n) is 3.82. The molecule has 0 unspecified atom stereocenters. The van der Waals surface area contributed by atoms with Crippen LogP contribution in [0.4, 0.5) is 0 Å². The Hall–Kier alpha value is -0.520. The number of nitrogens with one attached hydrogen (secondary N) is 1. The van der Waals surface area contributed by atoms with Crippen molar-refractivity contribution in [2.75, 3.05) is 40.0 Å². The normalized spacial score (nSPS) is 12.2. The van der Waals surface area contributed by atoms with Gasteiger partial charge in [-0.05, 0) is 19.4 Å². The second-order valence-electron chi connectivity index (χ2n) is 5.67. The van der Waals surface area contributed by atoms with Gasteiger partial charge in [0.2, 0.25) is 10.0 Å². The Kier molecular flexibility index (Phi) is 11.0. The van der Waals surface area contributed by atoms with Crippen molar-refractivity contribution in [1.82, 2.24) is 19.1 Å². The van der Waals surface area contributed by atoms with Crippen molar-refractivity contribution in [3.05, 3.63) is 23.0 Å². The number of halogens is 2. The molecule has 10 heteroatoms. The zero-order chi connectivity index (χ0) is 18.3. The maximum absolute atomic E-state index is 11.7. The van der Waals surface area contributed by atoms with E-state index in [9.17, 15) is 8.42 Å². The van der Waals surface area contributed by atoms with Crippen LogP contribution in [0.25, 0.3) is 0 Å². The van der Waals surface area contributed by atoms with E-state index in [0.29, 0.717) is 31.1 Å². The number of nitrogens with zero attached hydrogens (tertiary/aromatic N) is 4. The van der Waals surface area contributed by atoms with Crippen LogP contribution < -0.4 is 5.32 Å². The molecule has 0 aliphatic rings. The highest BCUT2D eigenvalue weighted by Crippen LogP contribution is 2.14. The van der Waals surface area contributed by atoms with Gasteiger partial charge < -0.3 is 14.8 Å². The minimum absolute atomic E-state index is 0. The first kappa shape index (κ1) is 24.5. The molecule has 0 fully saturated rings. The van der Waals surface area contributed by atoms with E-state index in [4.69, 9.17) is 11.6 Å². The number of rotatable bonds is 8. The van der Waals surface area contributed by atoms with E-state index < -0.39 is 10.0 Å². The van der Waals surface area contributed by atoms with Crippen molar-refractivity contribution < 1.29 is 8.42 Å². The molecule has 0 aliphatic heterocycles. The second kappa shape index (κ2) is 11.2. The van der Waals surface area contributed by atoms with E-state index in [1.54, 1.807) is 21.0 Å². The number of guanidine groups is 1. The molecule has 1 heterocycles. The van der Waals surface area contributed by atoms with Crippen LogP contribution in [0.15, 0.2) is 17.3 Å². The maximum atomic E-state index is 11.7. The smallest absolute Gasteiger partial charge is 0.213 e. The van der Waals surface area contributed by atoms with E-state index in [2.05, 4.69) is 10.3 Å². The third kappa shape index (κ3) is 7.71. The summed E-state index contributed by atoms with van der Waals surface area (Å²) < 4.78 is 26.8. The molecular weight excluding hydrogens is 477 g/mol. The van der Waals surface area contributed by atoms with Gasteiger partial charge in [0.25, 0.3) is 0 Å². The van der Waals surface area contributed by atoms with E-state index in [-0.39, 0.29) is 29.7 Å². The molecule has 146 valence electrons. The molecule has 1 aromatic rings. The predicted molar refractivity (Wildman–Crippen MR) is 115 cm³/mol.